The molecule has 1 amide bonds. The number of hydrogen-bond donors (Lipinski definition) is 1. The third-order valence-corrected chi connectivity index (χ3v) is 5.47. The van der Waals surface area contributed by atoms with Gasteiger partial charge < -0.3 is 19.7 Å². The van der Waals surface area contributed by atoms with Gasteiger partial charge in [-0.05, 0) is 61.6 Å². The lowest BCUT2D eigenvalue weighted by Crippen LogP contribution is -2.24. The lowest BCUT2D eigenvalue weighted by Gasteiger charge is -2.22. The zero-order chi connectivity index (χ0) is 19.2. The summed E-state index contributed by atoms with van der Waals surface area (Å²) < 4.78 is 10.6. The van der Waals surface area contributed by atoms with Crippen LogP contribution in [0.4, 0.5) is 5.69 Å². The molecule has 0 aliphatic carbocycles. The molecule has 1 N–H and O–H groups in total. The minimum absolute atomic E-state index is 0.0742. The van der Waals surface area contributed by atoms with Gasteiger partial charge in [-0.1, -0.05) is 25.0 Å². The summed E-state index contributed by atoms with van der Waals surface area (Å²) in [6.07, 6.45) is 7.18. The van der Waals surface area contributed by atoms with Crippen LogP contribution in [0.15, 0.2) is 42.5 Å². The van der Waals surface area contributed by atoms with Crippen LogP contribution in [0.25, 0.3) is 0 Å². The molecule has 2 aliphatic rings. The molecule has 1 saturated heterocycles. The average molecular weight is 380 g/mol. The first-order valence-corrected chi connectivity index (χ1v) is 10.3. The molecule has 0 atom stereocenters. The Morgan fingerprint density at radius 3 is 2.46 bits per heavy atom. The fourth-order valence-electron chi connectivity index (χ4n) is 3.84. The topological polar surface area (TPSA) is 50.8 Å². The van der Waals surface area contributed by atoms with Gasteiger partial charge >= 0.3 is 0 Å². The predicted molar refractivity (Wildman–Crippen MR) is 110 cm³/mol. The third-order valence-electron chi connectivity index (χ3n) is 5.47. The van der Waals surface area contributed by atoms with Crippen LogP contribution in [0.3, 0.4) is 0 Å². The standard InChI is InChI=1S/C23H28N2O3/c26-23(19-9-12-21-22(16-19)28-17-27-21)24-13-5-6-18-7-10-20(11-8-18)25-14-3-1-2-4-15-25/h7-12,16H,1-6,13-15,17H2,(H,24,26). The summed E-state index contributed by atoms with van der Waals surface area (Å²) >= 11 is 0. The molecule has 0 spiro atoms. The van der Waals surface area contributed by atoms with Crippen molar-refractivity contribution >= 4 is 11.6 Å². The van der Waals surface area contributed by atoms with Crippen molar-refractivity contribution < 1.29 is 14.3 Å². The van der Waals surface area contributed by atoms with E-state index in [0.717, 1.165) is 12.8 Å². The number of rotatable bonds is 6. The second-order valence-corrected chi connectivity index (χ2v) is 7.50. The molecule has 0 saturated carbocycles. The van der Waals surface area contributed by atoms with Crippen molar-refractivity contribution in [2.75, 3.05) is 31.3 Å². The highest BCUT2D eigenvalue weighted by atomic mass is 16.7. The number of ether oxygens (including phenoxy) is 2. The van der Waals surface area contributed by atoms with Gasteiger partial charge in [0.1, 0.15) is 0 Å². The molecule has 1 fully saturated rings. The summed E-state index contributed by atoms with van der Waals surface area (Å²) in [7, 11) is 0. The highest BCUT2D eigenvalue weighted by molar-refractivity contribution is 5.94. The maximum Gasteiger partial charge on any atom is 0.251 e. The van der Waals surface area contributed by atoms with E-state index in [1.54, 1.807) is 18.2 Å². The van der Waals surface area contributed by atoms with E-state index < -0.39 is 0 Å². The Labute approximate surface area is 166 Å². The molecule has 5 heteroatoms. The molecule has 5 nitrogen and oxygen atoms in total. The first kappa shape index (κ1) is 18.7. The van der Waals surface area contributed by atoms with Crippen molar-refractivity contribution in [3.05, 3.63) is 53.6 Å². The largest absolute Gasteiger partial charge is 0.454 e. The third kappa shape index (κ3) is 4.58. The number of anilines is 1. The molecule has 2 aliphatic heterocycles. The van der Waals surface area contributed by atoms with Crippen molar-refractivity contribution in [2.45, 2.75) is 38.5 Å². The number of aryl methyl sites for hydroxylation is 1. The van der Waals surface area contributed by atoms with Crippen LogP contribution in [0.5, 0.6) is 11.5 Å². The van der Waals surface area contributed by atoms with Gasteiger partial charge in [0.05, 0.1) is 0 Å². The highest BCUT2D eigenvalue weighted by Crippen LogP contribution is 2.32. The second-order valence-electron chi connectivity index (χ2n) is 7.50. The number of nitrogens with one attached hydrogen (secondary N) is 1. The summed E-state index contributed by atoms with van der Waals surface area (Å²) in [6.45, 7) is 3.22. The Kier molecular flexibility index (Phi) is 6.00. The zero-order valence-corrected chi connectivity index (χ0v) is 16.3. The van der Waals surface area contributed by atoms with Gasteiger partial charge in [-0.15, -0.1) is 0 Å². The monoisotopic (exact) mass is 380 g/mol. The number of amides is 1. The molecule has 148 valence electrons. The number of fused-ring (bicyclic) bond motifs is 1. The lowest BCUT2D eigenvalue weighted by molar-refractivity contribution is 0.0952. The van der Waals surface area contributed by atoms with Crippen molar-refractivity contribution in [3.63, 3.8) is 0 Å². The van der Waals surface area contributed by atoms with E-state index in [-0.39, 0.29) is 12.7 Å². The van der Waals surface area contributed by atoms with Gasteiger partial charge in [-0.25, -0.2) is 0 Å². The Morgan fingerprint density at radius 2 is 1.68 bits per heavy atom. The van der Waals surface area contributed by atoms with E-state index in [9.17, 15) is 4.79 Å². The molecular formula is C23H28N2O3. The van der Waals surface area contributed by atoms with E-state index in [1.165, 1.54) is 50.0 Å². The number of carbonyl (C=O) groups is 1. The first-order valence-electron chi connectivity index (χ1n) is 10.3. The number of nitrogens with zero attached hydrogens (tertiary/aromatic N) is 1. The molecule has 0 radical (unpaired) electrons. The summed E-state index contributed by atoms with van der Waals surface area (Å²) in [6, 6.07) is 14.2. The molecule has 0 aromatic heterocycles. The van der Waals surface area contributed by atoms with Gasteiger partial charge in [-0.3, -0.25) is 4.79 Å². The zero-order valence-electron chi connectivity index (χ0n) is 16.3. The molecule has 0 bridgehead atoms. The molecule has 2 aromatic rings. The summed E-state index contributed by atoms with van der Waals surface area (Å²) in [4.78, 5) is 14.8. The smallest absolute Gasteiger partial charge is 0.251 e. The van der Waals surface area contributed by atoms with E-state index >= 15 is 0 Å². The van der Waals surface area contributed by atoms with Crippen LogP contribution >= 0.6 is 0 Å². The van der Waals surface area contributed by atoms with E-state index in [4.69, 9.17) is 9.47 Å². The fraction of sp³-hybridized carbons (Fsp3) is 0.435. The van der Waals surface area contributed by atoms with Crippen molar-refractivity contribution in [1.82, 2.24) is 5.32 Å². The van der Waals surface area contributed by atoms with E-state index in [1.807, 2.05) is 0 Å². The van der Waals surface area contributed by atoms with Crippen LogP contribution in [-0.2, 0) is 6.42 Å². The quantitative estimate of drug-likeness (QED) is 0.765. The normalized spacial score (nSPS) is 15.9. The van der Waals surface area contributed by atoms with E-state index in [0.29, 0.717) is 23.6 Å². The van der Waals surface area contributed by atoms with Gasteiger partial charge in [0, 0.05) is 30.9 Å². The van der Waals surface area contributed by atoms with Crippen LogP contribution in [0.1, 0.15) is 48.0 Å². The van der Waals surface area contributed by atoms with E-state index in [2.05, 4.69) is 34.5 Å². The Bertz CT molecular complexity index is 796. The van der Waals surface area contributed by atoms with Crippen molar-refractivity contribution in [2.24, 2.45) is 0 Å². The molecule has 2 aromatic carbocycles. The molecular weight excluding hydrogens is 352 g/mol. The fourth-order valence-corrected chi connectivity index (χ4v) is 3.84. The molecule has 4 rings (SSSR count). The van der Waals surface area contributed by atoms with Gasteiger partial charge in [0.2, 0.25) is 6.79 Å². The van der Waals surface area contributed by atoms with Crippen molar-refractivity contribution in [3.8, 4) is 11.5 Å². The SMILES string of the molecule is O=C(NCCCc1ccc(N2CCCCCC2)cc1)c1ccc2c(c1)OCO2. The molecule has 2 heterocycles. The minimum Gasteiger partial charge on any atom is -0.454 e. The lowest BCUT2D eigenvalue weighted by atomic mass is 10.1. The summed E-state index contributed by atoms with van der Waals surface area (Å²) in [5.41, 5.74) is 3.25. The Hall–Kier alpha value is -2.69. The van der Waals surface area contributed by atoms with Gasteiger partial charge in [-0.2, -0.15) is 0 Å². The Morgan fingerprint density at radius 1 is 0.929 bits per heavy atom. The van der Waals surface area contributed by atoms with Crippen LogP contribution in [0, 0.1) is 0 Å². The number of benzene rings is 2. The van der Waals surface area contributed by atoms with Gasteiger partial charge in [0.25, 0.3) is 5.91 Å². The van der Waals surface area contributed by atoms with Crippen LogP contribution in [0.2, 0.25) is 0 Å². The second kappa shape index (κ2) is 9.00. The molecule has 0 unspecified atom stereocenters. The summed E-state index contributed by atoms with van der Waals surface area (Å²) in [5, 5.41) is 2.99. The first-order chi connectivity index (χ1) is 13.8. The predicted octanol–water partition coefficient (Wildman–Crippen LogP) is 4.16. The van der Waals surface area contributed by atoms with Crippen molar-refractivity contribution in [1.29, 1.82) is 0 Å². The maximum absolute atomic E-state index is 12.3. The van der Waals surface area contributed by atoms with Crippen LogP contribution in [-0.4, -0.2) is 32.3 Å². The molecule has 28 heavy (non-hydrogen) atoms. The minimum atomic E-state index is -0.0742. The summed E-state index contributed by atoms with van der Waals surface area (Å²) in [5.74, 6) is 1.26. The highest BCUT2D eigenvalue weighted by Gasteiger charge is 2.16. The maximum atomic E-state index is 12.3. The Balaban J connectivity index is 1.22. The average Bonchev–Trinajstić information content (AvgIpc) is 3.03. The number of hydrogen-bond acceptors (Lipinski definition) is 4. The van der Waals surface area contributed by atoms with Crippen LogP contribution < -0.4 is 19.7 Å². The van der Waals surface area contributed by atoms with Gasteiger partial charge in [0.15, 0.2) is 11.5 Å². The number of carbonyl (C=O) groups excluding carboxylic acids is 1.